The second kappa shape index (κ2) is 8.17. The van der Waals surface area contributed by atoms with Crippen LogP contribution < -0.4 is 0 Å². The van der Waals surface area contributed by atoms with Crippen molar-refractivity contribution in [1.82, 2.24) is 4.90 Å². The van der Waals surface area contributed by atoms with Gasteiger partial charge in [0, 0.05) is 25.6 Å². The first-order valence-corrected chi connectivity index (χ1v) is 11.0. The van der Waals surface area contributed by atoms with Crippen LogP contribution in [0.1, 0.15) is 60.0 Å². The van der Waals surface area contributed by atoms with Gasteiger partial charge < -0.3 is 9.84 Å². The van der Waals surface area contributed by atoms with E-state index in [9.17, 15) is 0 Å². The van der Waals surface area contributed by atoms with Gasteiger partial charge in [-0.15, -0.1) is 0 Å². The van der Waals surface area contributed by atoms with Crippen LogP contribution in [0.4, 0.5) is 4.39 Å². The Kier molecular flexibility index (Phi) is 5.42. The summed E-state index contributed by atoms with van der Waals surface area (Å²) >= 11 is 0. The minimum Gasteiger partial charge on any atom is -0.396 e. The minimum atomic E-state index is -1.06. The van der Waals surface area contributed by atoms with E-state index < -0.39 is 12.4 Å². The Labute approximate surface area is 172 Å². The van der Waals surface area contributed by atoms with E-state index in [1.807, 2.05) is 4.90 Å². The van der Waals surface area contributed by atoms with E-state index in [0.29, 0.717) is 5.92 Å². The van der Waals surface area contributed by atoms with E-state index in [4.69, 9.17) is 9.84 Å². The number of aliphatic hydroxyl groups excluding tert-OH is 1. The molecule has 2 aromatic carbocycles. The first kappa shape index (κ1) is 19.2. The van der Waals surface area contributed by atoms with Gasteiger partial charge in [-0.05, 0) is 60.3 Å². The molecule has 5 rings (SSSR count). The number of nitrogens with zero attached hydrogens (tertiary/aromatic N) is 1. The summed E-state index contributed by atoms with van der Waals surface area (Å²) in [5.74, 6) is 0.739. The van der Waals surface area contributed by atoms with E-state index in [1.54, 1.807) is 0 Å². The van der Waals surface area contributed by atoms with E-state index in [-0.39, 0.29) is 18.6 Å². The van der Waals surface area contributed by atoms with Crippen LogP contribution >= 0.6 is 0 Å². The molecular formula is C25H30FNO2. The quantitative estimate of drug-likeness (QED) is 0.769. The molecule has 2 heterocycles. The maximum absolute atomic E-state index is 15.6. The zero-order chi connectivity index (χ0) is 19.8. The molecule has 0 radical (unpaired) electrons. The molecule has 0 aromatic heterocycles. The molecule has 2 aromatic rings. The molecule has 2 aliphatic heterocycles. The van der Waals surface area contributed by atoms with Crippen LogP contribution in [0.25, 0.3) is 0 Å². The molecule has 4 atom stereocenters. The van der Waals surface area contributed by atoms with Gasteiger partial charge in [0.15, 0.2) is 6.30 Å². The van der Waals surface area contributed by atoms with Gasteiger partial charge in [0.1, 0.15) is 6.10 Å². The van der Waals surface area contributed by atoms with E-state index in [0.717, 1.165) is 45.2 Å². The second-order valence-electron chi connectivity index (χ2n) is 8.88. The lowest BCUT2D eigenvalue weighted by molar-refractivity contribution is -0.0759. The van der Waals surface area contributed by atoms with Crippen molar-refractivity contribution >= 4 is 0 Å². The fraction of sp³-hybridized carbons (Fsp3) is 0.520. The fourth-order valence-corrected chi connectivity index (χ4v) is 5.61. The standard InChI is InChI=1S/C25H30FNO2/c26-25(27-12-9-17(10-13-27)11-14-28)23-16-22-20-7-3-1-5-18(20)15-19-6-2-4-8-21(19)24(22)29-23/h1-8,17,22-25,28H,9-16H2. The van der Waals surface area contributed by atoms with E-state index in [1.165, 1.54) is 22.3 Å². The monoisotopic (exact) mass is 395 g/mol. The summed E-state index contributed by atoms with van der Waals surface area (Å²) in [6, 6.07) is 17.1. The molecular weight excluding hydrogens is 365 g/mol. The van der Waals surface area contributed by atoms with Gasteiger partial charge in [0.2, 0.25) is 0 Å². The van der Waals surface area contributed by atoms with Gasteiger partial charge in [-0.2, -0.15) is 0 Å². The molecule has 0 bridgehead atoms. The molecule has 1 aliphatic carbocycles. The number of benzene rings is 2. The molecule has 0 spiro atoms. The smallest absolute Gasteiger partial charge is 0.180 e. The molecule has 0 amide bonds. The second-order valence-corrected chi connectivity index (χ2v) is 8.88. The molecule has 29 heavy (non-hydrogen) atoms. The van der Waals surface area contributed by atoms with Crippen molar-refractivity contribution in [1.29, 1.82) is 0 Å². The predicted molar refractivity (Wildman–Crippen MR) is 112 cm³/mol. The Bertz CT molecular complexity index is 795. The molecule has 3 nitrogen and oxygen atoms in total. The van der Waals surface area contributed by atoms with Crippen molar-refractivity contribution in [2.75, 3.05) is 19.7 Å². The molecule has 154 valence electrons. The lowest BCUT2D eigenvalue weighted by Gasteiger charge is -2.35. The lowest BCUT2D eigenvalue weighted by atomic mass is 9.87. The third-order valence-corrected chi connectivity index (χ3v) is 7.21. The highest BCUT2D eigenvalue weighted by atomic mass is 19.1. The number of hydrogen-bond acceptors (Lipinski definition) is 3. The van der Waals surface area contributed by atoms with E-state index >= 15 is 4.39 Å². The molecule has 4 heteroatoms. The van der Waals surface area contributed by atoms with E-state index in [2.05, 4.69) is 48.5 Å². The van der Waals surface area contributed by atoms with Crippen LogP contribution in [0, 0.1) is 5.92 Å². The third kappa shape index (κ3) is 3.63. The van der Waals surface area contributed by atoms with Gasteiger partial charge in [-0.3, -0.25) is 4.90 Å². The number of hydrogen-bond donors (Lipinski definition) is 1. The zero-order valence-corrected chi connectivity index (χ0v) is 16.8. The number of aliphatic hydroxyl groups is 1. The van der Waals surface area contributed by atoms with Crippen molar-refractivity contribution in [3.05, 3.63) is 70.8 Å². The molecule has 3 aliphatic rings. The molecule has 4 unspecified atom stereocenters. The molecule has 0 saturated carbocycles. The molecule has 2 saturated heterocycles. The average molecular weight is 396 g/mol. The van der Waals surface area contributed by atoms with Gasteiger partial charge >= 0.3 is 0 Å². The number of piperidine rings is 1. The summed E-state index contributed by atoms with van der Waals surface area (Å²) in [6.07, 6.45) is 2.90. The Balaban J connectivity index is 1.38. The summed E-state index contributed by atoms with van der Waals surface area (Å²) in [5, 5.41) is 9.16. The summed E-state index contributed by atoms with van der Waals surface area (Å²) in [4.78, 5) is 1.96. The Morgan fingerprint density at radius 1 is 1.00 bits per heavy atom. The third-order valence-electron chi connectivity index (χ3n) is 7.21. The Morgan fingerprint density at radius 2 is 1.66 bits per heavy atom. The van der Waals surface area contributed by atoms with Gasteiger partial charge in [-0.1, -0.05) is 48.5 Å². The molecule has 1 N–H and O–H groups in total. The number of rotatable bonds is 4. The lowest BCUT2D eigenvalue weighted by Crippen LogP contribution is -2.45. The first-order chi connectivity index (χ1) is 14.2. The highest BCUT2D eigenvalue weighted by Crippen LogP contribution is 2.50. The van der Waals surface area contributed by atoms with Gasteiger partial charge in [-0.25, -0.2) is 4.39 Å². The summed E-state index contributed by atoms with van der Waals surface area (Å²) in [5.41, 5.74) is 5.19. The van der Waals surface area contributed by atoms with Crippen LogP contribution in [-0.2, 0) is 11.2 Å². The predicted octanol–water partition coefficient (Wildman–Crippen LogP) is 4.59. The number of halogens is 1. The summed E-state index contributed by atoms with van der Waals surface area (Å²) in [7, 11) is 0. The van der Waals surface area contributed by atoms with Crippen LogP contribution in [0.15, 0.2) is 48.5 Å². The maximum atomic E-state index is 15.6. The first-order valence-electron chi connectivity index (χ1n) is 11.0. The summed E-state index contributed by atoms with van der Waals surface area (Å²) < 4.78 is 22.0. The van der Waals surface area contributed by atoms with Crippen LogP contribution in [0.2, 0.25) is 0 Å². The van der Waals surface area contributed by atoms with Gasteiger partial charge in [0.05, 0.1) is 6.10 Å². The minimum absolute atomic E-state index is 0.0648. The topological polar surface area (TPSA) is 32.7 Å². The zero-order valence-electron chi connectivity index (χ0n) is 16.8. The normalized spacial score (nSPS) is 28.3. The number of likely N-dealkylation sites (tertiary alicyclic amines) is 1. The highest BCUT2D eigenvalue weighted by Gasteiger charge is 2.45. The van der Waals surface area contributed by atoms with Crippen LogP contribution in [-0.4, -0.2) is 42.1 Å². The fourth-order valence-electron chi connectivity index (χ4n) is 5.61. The van der Waals surface area contributed by atoms with Crippen molar-refractivity contribution in [3.8, 4) is 0 Å². The summed E-state index contributed by atoms with van der Waals surface area (Å²) in [6.45, 7) is 1.75. The largest absolute Gasteiger partial charge is 0.396 e. The average Bonchev–Trinajstić information content (AvgIpc) is 3.15. The highest BCUT2D eigenvalue weighted by molar-refractivity contribution is 5.45. The number of ether oxygens (including phenoxy) is 1. The molecule has 2 fully saturated rings. The number of fused-ring (bicyclic) bond motifs is 5. The van der Waals surface area contributed by atoms with Crippen LogP contribution in [0.3, 0.4) is 0 Å². The van der Waals surface area contributed by atoms with Gasteiger partial charge in [0.25, 0.3) is 0 Å². The SMILES string of the molecule is OCCC1CCN(C(F)C2CC3c4ccccc4Cc4ccccc4C3O2)CC1. The van der Waals surface area contributed by atoms with Crippen LogP contribution in [0.5, 0.6) is 0 Å². The van der Waals surface area contributed by atoms with Crippen molar-refractivity contribution < 1.29 is 14.2 Å². The van der Waals surface area contributed by atoms with Crippen molar-refractivity contribution in [2.24, 2.45) is 5.92 Å². The Morgan fingerprint density at radius 3 is 2.38 bits per heavy atom. The van der Waals surface area contributed by atoms with Crippen molar-refractivity contribution in [3.63, 3.8) is 0 Å². The Hall–Kier alpha value is -1.75. The number of alkyl halides is 1. The maximum Gasteiger partial charge on any atom is 0.180 e. The van der Waals surface area contributed by atoms with Crippen molar-refractivity contribution in [2.45, 2.75) is 56.5 Å².